The Morgan fingerprint density at radius 3 is 2.92 bits per heavy atom. The molecule has 0 bridgehead atoms. The molecule has 0 amide bonds. The molecular formula is C16H18N6OS. The molecule has 0 radical (unpaired) electrons. The first-order chi connectivity index (χ1) is 11.8. The maximum Gasteiger partial charge on any atom is 0.237 e. The van der Waals surface area contributed by atoms with Crippen molar-refractivity contribution >= 4 is 11.8 Å². The molecule has 8 heteroatoms. The van der Waals surface area contributed by atoms with E-state index in [1.165, 1.54) is 24.6 Å². The minimum atomic E-state index is 0.424. The van der Waals surface area contributed by atoms with Gasteiger partial charge in [-0.3, -0.25) is 0 Å². The molecule has 4 rings (SSSR count). The number of nitrogens with zero attached hydrogens (tertiary/aromatic N) is 6. The highest BCUT2D eigenvalue weighted by molar-refractivity contribution is 7.98. The molecule has 0 spiro atoms. The van der Waals surface area contributed by atoms with Gasteiger partial charge >= 0.3 is 0 Å². The fourth-order valence-corrected chi connectivity index (χ4v) is 3.81. The average molecular weight is 342 g/mol. The summed E-state index contributed by atoms with van der Waals surface area (Å²) in [7, 11) is 0. The molecule has 124 valence electrons. The Labute approximate surface area is 143 Å². The molecule has 1 aliphatic carbocycles. The Balaban J connectivity index is 1.46. The number of thioether (sulfide) groups is 1. The van der Waals surface area contributed by atoms with Gasteiger partial charge in [0.2, 0.25) is 16.9 Å². The highest BCUT2D eigenvalue weighted by Crippen LogP contribution is 2.32. The Morgan fingerprint density at radius 1 is 1.25 bits per heavy atom. The second kappa shape index (κ2) is 6.72. The van der Waals surface area contributed by atoms with Gasteiger partial charge in [-0.1, -0.05) is 54.0 Å². The Bertz CT molecular complexity index is 823. The summed E-state index contributed by atoms with van der Waals surface area (Å²) in [6.07, 6.45) is 4.79. The molecule has 1 saturated carbocycles. The van der Waals surface area contributed by atoms with Crippen LogP contribution in [-0.4, -0.2) is 30.3 Å². The smallest absolute Gasteiger partial charge is 0.237 e. The highest BCUT2D eigenvalue weighted by atomic mass is 32.2. The molecule has 0 saturated heterocycles. The first-order valence-electron chi connectivity index (χ1n) is 8.10. The van der Waals surface area contributed by atoms with Gasteiger partial charge in [0.15, 0.2) is 0 Å². The van der Waals surface area contributed by atoms with Crippen molar-refractivity contribution in [1.29, 1.82) is 0 Å². The normalized spacial score (nSPS) is 15.2. The van der Waals surface area contributed by atoms with E-state index in [0.29, 0.717) is 23.5 Å². The second-order valence-corrected chi connectivity index (χ2v) is 6.90. The third-order valence-corrected chi connectivity index (χ3v) is 5.23. The molecular weight excluding hydrogens is 324 g/mol. The van der Waals surface area contributed by atoms with Gasteiger partial charge < -0.3 is 4.52 Å². The van der Waals surface area contributed by atoms with Gasteiger partial charge in [0.1, 0.15) is 0 Å². The summed E-state index contributed by atoms with van der Waals surface area (Å²) in [4.78, 5) is 4.49. The van der Waals surface area contributed by atoms with Crippen molar-refractivity contribution in [1.82, 2.24) is 30.3 Å². The van der Waals surface area contributed by atoms with Crippen LogP contribution in [0.1, 0.15) is 43.2 Å². The maximum atomic E-state index is 5.38. The van der Waals surface area contributed by atoms with Crippen LogP contribution in [0.25, 0.3) is 11.4 Å². The molecule has 24 heavy (non-hydrogen) atoms. The van der Waals surface area contributed by atoms with Crippen LogP contribution in [0.5, 0.6) is 0 Å². The van der Waals surface area contributed by atoms with E-state index in [2.05, 4.69) is 25.7 Å². The standard InChI is InChI=1S/C16H18N6OS/c1-11-6-2-5-9-13(11)15-17-14(23-19-15)10-24-16-18-20-21-22(16)12-7-3-4-8-12/h2,5-6,9,12H,3-4,7-8,10H2,1H3. The molecule has 7 nitrogen and oxygen atoms in total. The van der Waals surface area contributed by atoms with E-state index in [-0.39, 0.29) is 0 Å². The van der Waals surface area contributed by atoms with E-state index in [1.54, 1.807) is 0 Å². The number of aromatic nitrogens is 6. The fraction of sp³-hybridized carbons (Fsp3) is 0.438. The van der Waals surface area contributed by atoms with Crippen LogP contribution in [0.3, 0.4) is 0 Å². The predicted octanol–water partition coefficient (Wildman–Crippen LogP) is 3.44. The predicted molar refractivity (Wildman–Crippen MR) is 89.4 cm³/mol. The van der Waals surface area contributed by atoms with Crippen LogP contribution in [0.4, 0.5) is 0 Å². The van der Waals surface area contributed by atoms with Crippen molar-refractivity contribution in [2.75, 3.05) is 0 Å². The second-order valence-electron chi connectivity index (χ2n) is 5.96. The lowest BCUT2D eigenvalue weighted by Gasteiger charge is -2.09. The minimum Gasteiger partial charge on any atom is -0.338 e. The van der Waals surface area contributed by atoms with E-state index in [4.69, 9.17) is 4.52 Å². The largest absolute Gasteiger partial charge is 0.338 e. The van der Waals surface area contributed by atoms with E-state index >= 15 is 0 Å². The number of tetrazole rings is 1. The zero-order chi connectivity index (χ0) is 16.4. The van der Waals surface area contributed by atoms with Crippen molar-refractivity contribution in [2.24, 2.45) is 0 Å². The summed E-state index contributed by atoms with van der Waals surface area (Å²) in [5, 5.41) is 17.0. The van der Waals surface area contributed by atoms with Crippen molar-refractivity contribution in [3.05, 3.63) is 35.7 Å². The average Bonchev–Trinajstić information content (AvgIpc) is 3.34. The van der Waals surface area contributed by atoms with E-state index in [1.807, 2.05) is 35.9 Å². The molecule has 2 aromatic heterocycles. The zero-order valence-corrected chi connectivity index (χ0v) is 14.2. The van der Waals surface area contributed by atoms with Gasteiger partial charge in [-0.25, -0.2) is 4.68 Å². The van der Waals surface area contributed by atoms with E-state index in [0.717, 1.165) is 29.1 Å². The number of rotatable bonds is 5. The monoisotopic (exact) mass is 342 g/mol. The number of aryl methyl sites for hydroxylation is 1. The van der Waals surface area contributed by atoms with Crippen LogP contribution in [0.15, 0.2) is 33.9 Å². The molecule has 0 N–H and O–H groups in total. The zero-order valence-electron chi connectivity index (χ0n) is 13.4. The van der Waals surface area contributed by atoms with Crippen LogP contribution < -0.4 is 0 Å². The fourth-order valence-electron chi connectivity index (χ4n) is 3.03. The van der Waals surface area contributed by atoms with Gasteiger partial charge in [-0.05, 0) is 35.8 Å². The van der Waals surface area contributed by atoms with Gasteiger partial charge in [-0.2, -0.15) is 4.98 Å². The summed E-state index contributed by atoms with van der Waals surface area (Å²) in [6, 6.07) is 8.43. The Hall–Kier alpha value is -2.22. The van der Waals surface area contributed by atoms with Crippen LogP contribution in [0, 0.1) is 6.92 Å². The molecule has 1 aliphatic rings. The quantitative estimate of drug-likeness (QED) is 0.657. The Morgan fingerprint density at radius 2 is 2.08 bits per heavy atom. The molecule has 0 atom stereocenters. The lowest BCUT2D eigenvalue weighted by molar-refractivity contribution is 0.391. The number of benzene rings is 1. The first-order valence-corrected chi connectivity index (χ1v) is 9.09. The molecule has 0 unspecified atom stereocenters. The number of hydrogen-bond acceptors (Lipinski definition) is 7. The Kier molecular flexibility index (Phi) is 4.29. The van der Waals surface area contributed by atoms with Crippen molar-refractivity contribution in [2.45, 2.75) is 49.6 Å². The van der Waals surface area contributed by atoms with Crippen LogP contribution >= 0.6 is 11.8 Å². The van der Waals surface area contributed by atoms with Gasteiger partial charge in [0, 0.05) is 5.56 Å². The summed E-state index contributed by atoms with van der Waals surface area (Å²) in [6.45, 7) is 2.04. The SMILES string of the molecule is Cc1ccccc1-c1noc(CSc2nnnn2C2CCCC2)n1. The molecule has 3 aromatic rings. The number of hydrogen-bond donors (Lipinski definition) is 0. The topological polar surface area (TPSA) is 82.5 Å². The molecule has 1 fully saturated rings. The lowest BCUT2D eigenvalue weighted by atomic mass is 10.1. The summed E-state index contributed by atoms with van der Waals surface area (Å²) in [5.74, 6) is 1.77. The lowest BCUT2D eigenvalue weighted by Crippen LogP contribution is -2.08. The third-order valence-electron chi connectivity index (χ3n) is 4.31. The third kappa shape index (κ3) is 3.06. The molecule has 2 heterocycles. The highest BCUT2D eigenvalue weighted by Gasteiger charge is 2.22. The van der Waals surface area contributed by atoms with E-state index < -0.39 is 0 Å². The van der Waals surface area contributed by atoms with Gasteiger partial charge in [0.05, 0.1) is 11.8 Å². The van der Waals surface area contributed by atoms with Crippen molar-refractivity contribution in [3.8, 4) is 11.4 Å². The summed E-state index contributed by atoms with van der Waals surface area (Å²) in [5.41, 5.74) is 2.12. The molecule has 1 aromatic carbocycles. The van der Waals surface area contributed by atoms with Crippen molar-refractivity contribution < 1.29 is 4.52 Å². The maximum absolute atomic E-state index is 5.38. The summed E-state index contributed by atoms with van der Waals surface area (Å²) < 4.78 is 7.32. The van der Waals surface area contributed by atoms with E-state index in [9.17, 15) is 0 Å². The van der Waals surface area contributed by atoms with Crippen LogP contribution in [-0.2, 0) is 5.75 Å². The van der Waals surface area contributed by atoms with Crippen LogP contribution in [0.2, 0.25) is 0 Å². The first kappa shape index (κ1) is 15.3. The minimum absolute atomic E-state index is 0.424. The van der Waals surface area contributed by atoms with Gasteiger partial charge in [-0.15, -0.1) is 5.10 Å². The van der Waals surface area contributed by atoms with Gasteiger partial charge in [0.25, 0.3) is 0 Å². The molecule has 0 aliphatic heterocycles. The van der Waals surface area contributed by atoms with Crippen molar-refractivity contribution in [3.63, 3.8) is 0 Å². The summed E-state index contributed by atoms with van der Waals surface area (Å²) >= 11 is 1.54.